The molecule has 2 saturated heterocycles. The van der Waals surface area contributed by atoms with Gasteiger partial charge < -0.3 is 10.2 Å². The van der Waals surface area contributed by atoms with Crippen molar-refractivity contribution in [2.45, 2.75) is 30.7 Å². The summed E-state index contributed by atoms with van der Waals surface area (Å²) in [5, 5.41) is 3.45. The molecule has 1 atom stereocenters. The normalized spacial score (nSPS) is 23.5. The van der Waals surface area contributed by atoms with E-state index in [0.717, 1.165) is 19.4 Å². The Morgan fingerprint density at radius 3 is 2.83 bits per heavy atom. The van der Waals surface area contributed by atoms with Gasteiger partial charge in [-0.25, -0.2) is 8.42 Å². The van der Waals surface area contributed by atoms with E-state index < -0.39 is 10.0 Å². The maximum absolute atomic E-state index is 13.0. The maximum Gasteiger partial charge on any atom is 0.243 e. The first-order valence-corrected chi connectivity index (χ1v) is 9.98. The molecule has 2 aliphatic heterocycles. The monoisotopic (exact) mass is 371 g/mol. The second kappa shape index (κ2) is 7.00. The zero-order chi connectivity index (χ0) is 17.3. The summed E-state index contributed by atoms with van der Waals surface area (Å²) in [5.41, 5.74) is 0.680. The van der Waals surface area contributed by atoms with Crippen LogP contribution in [0.2, 0.25) is 5.02 Å². The zero-order valence-corrected chi connectivity index (χ0v) is 15.2. The molecule has 0 spiro atoms. The van der Waals surface area contributed by atoms with E-state index in [9.17, 15) is 13.2 Å². The lowest BCUT2D eigenvalue weighted by molar-refractivity contribution is -0.135. The molecule has 1 N–H and O–H groups in total. The number of benzene rings is 1. The lowest BCUT2D eigenvalue weighted by atomic mass is 10.1. The van der Waals surface area contributed by atoms with E-state index in [4.69, 9.17) is 11.6 Å². The molecule has 1 amide bonds. The molecular weight excluding hydrogens is 350 g/mol. The molecule has 24 heavy (non-hydrogen) atoms. The molecule has 2 aliphatic rings. The number of aryl methyl sites for hydroxylation is 1. The maximum atomic E-state index is 13.0. The summed E-state index contributed by atoms with van der Waals surface area (Å²) in [6.45, 7) is 4.31. The van der Waals surface area contributed by atoms with Gasteiger partial charge in [-0.1, -0.05) is 17.7 Å². The molecule has 1 aromatic carbocycles. The van der Waals surface area contributed by atoms with E-state index in [-0.39, 0.29) is 16.8 Å². The predicted octanol–water partition coefficient (Wildman–Crippen LogP) is 1.23. The lowest BCUT2D eigenvalue weighted by Gasteiger charge is -2.40. The first kappa shape index (κ1) is 17.7. The van der Waals surface area contributed by atoms with E-state index >= 15 is 0 Å². The van der Waals surface area contributed by atoms with Gasteiger partial charge in [-0.05, 0) is 37.5 Å². The standard InChI is InChI=1S/C16H22ClN3O3S/c1-12-4-5-13(17)9-15(12)24(22,23)19-7-2-3-14(11-19)20-8-6-18-10-16(20)21/h4-5,9,14,18H,2-3,6-8,10-11H2,1H3. The van der Waals surface area contributed by atoms with E-state index in [2.05, 4.69) is 5.32 Å². The summed E-state index contributed by atoms with van der Waals surface area (Å²) in [6, 6.07) is 4.86. The molecule has 2 fully saturated rings. The van der Waals surface area contributed by atoms with Crippen LogP contribution in [-0.4, -0.2) is 62.3 Å². The Balaban J connectivity index is 1.83. The van der Waals surface area contributed by atoms with Gasteiger partial charge in [0.25, 0.3) is 0 Å². The number of nitrogens with one attached hydrogen (secondary N) is 1. The molecule has 1 aromatic rings. The highest BCUT2D eigenvalue weighted by Crippen LogP contribution is 2.27. The Labute approximate surface area is 147 Å². The van der Waals surface area contributed by atoms with Crippen LogP contribution < -0.4 is 5.32 Å². The summed E-state index contributed by atoms with van der Waals surface area (Å²) < 4.78 is 27.5. The van der Waals surface area contributed by atoms with Gasteiger partial charge in [-0.15, -0.1) is 0 Å². The fraction of sp³-hybridized carbons (Fsp3) is 0.562. The Kier molecular flexibility index (Phi) is 5.15. The van der Waals surface area contributed by atoms with Crippen molar-refractivity contribution in [2.75, 3.05) is 32.7 Å². The van der Waals surface area contributed by atoms with Gasteiger partial charge in [0.15, 0.2) is 0 Å². The van der Waals surface area contributed by atoms with Crippen LogP contribution in [0.5, 0.6) is 0 Å². The molecule has 0 bridgehead atoms. The molecule has 8 heteroatoms. The molecule has 0 saturated carbocycles. The van der Waals surface area contributed by atoms with E-state index in [0.29, 0.717) is 36.8 Å². The van der Waals surface area contributed by atoms with Crippen molar-refractivity contribution >= 4 is 27.5 Å². The van der Waals surface area contributed by atoms with Crippen LogP contribution in [0.4, 0.5) is 0 Å². The minimum absolute atomic E-state index is 0.0458. The van der Waals surface area contributed by atoms with Crippen molar-refractivity contribution in [1.29, 1.82) is 0 Å². The number of carbonyl (C=O) groups excluding carboxylic acids is 1. The van der Waals surface area contributed by atoms with Gasteiger partial charge >= 0.3 is 0 Å². The van der Waals surface area contributed by atoms with Gasteiger partial charge in [0.1, 0.15) is 0 Å². The summed E-state index contributed by atoms with van der Waals surface area (Å²) in [7, 11) is -3.61. The zero-order valence-electron chi connectivity index (χ0n) is 13.7. The van der Waals surface area contributed by atoms with Crippen LogP contribution >= 0.6 is 11.6 Å². The molecule has 6 nitrogen and oxygen atoms in total. The van der Waals surface area contributed by atoms with Crippen LogP contribution in [0.3, 0.4) is 0 Å². The molecule has 2 heterocycles. The largest absolute Gasteiger partial charge is 0.336 e. The third-order valence-electron chi connectivity index (χ3n) is 4.69. The van der Waals surface area contributed by atoms with E-state index in [1.165, 1.54) is 10.4 Å². The fourth-order valence-electron chi connectivity index (χ4n) is 3.39. The summed E-state index contributed by atoms with van der Waals surface area (Å²) in [5.74, 6) is 0.0458. The number of nitrogens with zero attached hydrogens (tertiary/aromatic N) is 2. The third kappa shape index (κ3) is 3.44. The Morgan fingerprint density at radius 1 is 1.29 bits per heavy atom. The molecule has 0 aliphatic carbocycles. The van der Waals surface area contributed by atoms with Crippen molar-refractivity contribution in [3.8, 4) is 0 Å². The molecular formula is C16H22ClN3O3S. The number of piperidine rings is 1. The van der Waals surface area contributed by atoms with Gasteiger partial charge in [0.05, 0.1) is 11.4 Å². The highest BCUT2D eigenvalue weighted by Gasteiger charge is 2.35. The topological polar surface area (TPSA) is 69.7 Å². The first-order chi connectivity index (χ1) is 11.4. The molecule has 0 radical (unpaired) electrons. The second-order valence-corrected chi connectivity index (χ2v) is 8.68. The van der Waals surface area contributed by atoms with Crippen LogP contribution in [0, 0.1) is 6.92 Å². The highest BCUT2D eigenvalue weighted by molar-refractivity contribution is 7.89. The summed E-state index contributed by atoms with van der Waals surface area (Å²) in [4.78, 5) is 14.2. The van der Waals surface area contributed by atoms with Crippen LogP contribution in [-0.2, 0) is 14.8 Å². The van der Waals surface area contributed by atoms with E-state index in [1.54, 1.807) is 19.1 Å². The van der Waals surface area contributed by atoms with Crippen molar-refractivity contribution < 1.29 is 13.2 Å². The Morgan fingerprint density at radius 2 is 2.08 bits per heavy atom. The van der Waals surface area contributed by atoms with Gasteiger partial charge in [-0.3, -0.25) is 4.79 Å². The number of carbonyl (C=O) groups is 1. The molecule has 1 unspecified atom stereocenters. The van der Waals surface area contributed by atoms with Crippen molar-refractivity contribution in [3.05, 3.63) is 28.8 Å². The number of piperazine rings is 1. The summed E-state index contributed by atoms with van der Waals surface area (Å²) in [6.07, 6.45) is 1.59. The average Bonchev–Trinajstić information content (AvgIpc) is 2.57. The average molecular weight is 372 g/mol. The lowest BCUT2D eigenvalue weighted by Crippen LogP contribution is -2.57. The first-order valence-electron chi connectivity index (χ1n) is 8.16. The molecule has 0 aromatic heterocycles. The third-order valence-corrected chi connectivity index (χ3v) is 6.94. The quantitative estimate of drug-likeness (QED) is 0.867. The van der Waals surface area contributed by atoms with Crippen molar-refractivity contribution in [3.63, 3.8) is 0 Å². The predicted molar refractivity (Wildman–Crippen MR) is 92.6 cm³/mol. The van der Waals surface area contributed by atoms with Gasteiger partial charge in [0.2, 0.25) is 15.9 Å². The number of sulfonamides is 1. The number of hydrogen-bond acceptors (Lipinski definition) is 4. The minimum Gasteiger partial charge on any atom is -0.336 e. The van der Waals surface area contributed by atoms with Crippen LogP contribution in [0.25, 0.3) is 0 Å². The van der Waals surface area contributed by atoms with Gasteiger partial charge in [-0.2, -0.15) is 4.31 Å². The van der Waals surface area contributed by atoms with Gasteiger partial charge in [0, 0.05) is 37.2 Å². The number of halogens is 1. The fourth-order valence-corrected chi connectivity index (χ4v) is 5.40. The summed E-state index contributed by atoms with van der Waals surface area (Å²) >= 11 is 5.99. The van der Waals surface area contributed by atoms with Crippen LogP contribution in [0.1, 0.15) is 18.4 Å². The van der Waals surface area contributed by atoms with E-state index in [1.807, 2.05) is 4.90 Å². The number of hydrogen-bond donors (Lipinski definition) is 1. The minimum atomic E-state index is -3.61. The molecule has 3 rings (SSSR count). The number of amides is 1. The SMILES string of the molecule is Cc1ccc(Cl)cc1S(=O)(=O)N1CCCC(N2CCNCC2=O)C1. The highest BCUT2D eigenvalue weighted by atomic mass is 35.5. The second-order valence-electron chi connectivity index (χ2n) is 6.33. The Bertz CT molecular complexity index is 738. The van der Waals surface area contributed by atoms with Crippen molar-refractivity contribution in [1.82, 2.24) is 14.5 Å². The van der Waals surface area contributed by atoms with Crippen molar-refractivity contribution in [2.24, 2.45) is 0 Å². The smallest absolute Gasteiger partial charge is 0.243 e. The molecule has 132 valence electrons. The number of rotatable bonds is 3. The van der Waals surface area contributed by atoms with Crippen LogP contribution in [0.15, 0.2) is 23.1 Å². The Hall–Kier alpha value is -1.15.